The van der Waals surface area contributed by atoms with Crippen molar-refractivity contribution in [3.63, 3.8) is 0 Å². The number of hydrogen-bond acceptors (Lipinski definition) is 2. The third-order valence-electron chi connectivity index (χ3n) is 4.05. The summed E-state index contributed by atoms with van der Waals surface area (Å²) in [6.07, 6.45) is 5.34. The lowest BCUT2D eigenvalue weighted by Crippen LogP contribution is -2.38. The third-order valence-corrected chi connectivity index (χ3v) is 4.05. The zero-order valence-electron chi connectivity index (χ0n) is 9.83. The highest BCUT2D eigenvalue weighted by Gasteiger charge is 2.47. The average Bonchev–Trinajstić information content (AvgIpc) is 3.08. The van der Waals surface area contributed by atoms with E-state index in [1.807, 2.05) is 6.07 Å². The predicted molar refractivity (Wildman–Crippen MR) is 64.6 cm³/mol. The average molecular weight is 217 g/mol. The molecule has 1 aliphatic carbocycles. The van der Waals surface area contributed by atoms with Gasteiger partial charge in [-0.2, -0.15) is 0 Å². The molecule has 2 heteroatoms. The Labute approximate surface area is 97.0 Å². The van der Waals surface area contributed by atoms with E-state index >= 15 is 0 Å². The molecule has 2 nitrogen and oxygen atoms in total. The normalized spacial score (nSPS) is 29.3. The number of benzene rings is 1. The third kappa shape index (κ3) is 1.52. The molecule has 1 aromatic carbocycles. The molecular weight excluding hydrogens is 198 g/mol. The molecule has 0 spiro atoms. The lowest BCUT2D eigenvalue weighted by molar-refractivity contribution is 0.333. The molecule has 1 saturated carbocycles. The van der Waals surface area contributed by atoms with Gasteiger partial charge in [-0.3, -0.25) is 0 Å². The Morgan fingerprint density at radius 1 is 1.38 bits per heavy atom. The number of methoxy groups -OCH3 is 1. The Hall–Kier alpha value is -1.02. The molecule has 16 heavy (non-hydrogen) atoms. The molecule has 2 aliphatic rings. The molecule has 0 bridgehead atoms. The molecule has 0 radical (unpaired) electrons. The Morgan fingerprint density at radius 2 is 2.25 bits per heavy atom. The summed E-state index contributed by atoms with van der Waals surface area (Å²) in [5.41, 5.74) is 1.68. The molecule has 1 N–H and O–H groups in total. The van der Waals surface area contributed by atoms with Crippen LogP contribution in [0.4, 0.5) is 0 Å². The molecule has 1 unspecified atom stereocenters. The second kappa shape index (κ2) is 3.77. The first kappa shape index (κ1) is 10.2. The topological polar surface area (TPSA) is 21.3 Å². The summed E-state index contributed by atoms with van der Waals surface area (Å²) < 4.78 is 5.33. The van der Waals surface area contributed by atoms with E-state index in [4.69, 9.17) is 4.74 Å². The van der Waals surface area contributed by atoms with Gasteiger partial charge in [0.1, 0.15) is 5.75 Å². The minimum atomic E-state index is 0.258. The van der Waals surface area contributed by atoms with Gasteiger partial charge in [0.15, 0.2) is 0 Å². The van der Waals surface area contributed by atoms with Gasteiger partial charge < -0.3 is 10.1 Å². The van der Waals surface area contributed by atoms with Gasteiger partial charge >= 0.3 is 0 Å². The number of nitrogens with one attached hydrogen (secondary N) is 1. The molecule has 1 saturated heterocycles. The van der Waals surface area contributed by atoms with Crippen molar-refractivity contribution in [1.29, 1.82) is 0 Å². The highest BCUT2D eigenvalue weighted by atomic mass is 16.5. The smallest absolute Gasteiger partial charge is 0.119 e. The van der Waals surface area contributed by atoms with Gasteiger partial charge in [-0.15, -0.1) is 0 Å². The molecule has 86 valence electrons. The fourth-order valence-corrected chi connectivity index (χ4v) is 3.07. The minimum Gasteiger partial charge on any atom is -0.497 e. The van der Waals surface area contributed by atoms with Crippen LogP contribution in [0.3, 0.4) is 0 Å². The maximum absolute atomic E-state index is 5.33. The molecule has 1 atom stereocenters. The van der Waals surface area contributed by atoms with E-state index in [1.54, 1.807) is 7.11 Å². The fraction of sp³-hybridized carbons (Fsp3) is 0.571. The van der Waals surface area contributed by atoms with E-state index in [-0.39, 0.29) is 5.54 Å². The highest BCUT2D eigenvalue weighted by Crippen LogP contribution is 2.50. The van der Waals surface area contributed by atoms with Crippen LogP contribution in [0.1, 0.15) is 31.2 Å². The van der Waals surface area contributed by atoms with Crippen molar-refractivity contribution in [1.82, 2.24) is 5.32 Å². The highest BCUT2D eigenvalue weighted by molar-refractivity contribution is 5.35. The van der Waals surface area contributed by atoms with Gasteiger partial charge in [-0.1, -0.05) is 12.1 Å². The maximum Gasteiger partial charge on any atom is 0.119 e. The fourth-order valence-electron chi connectivity index (χ4n) is 3.07. The quantitative estimate of drug-likeness (QED) is 0.840. The zero-order valence-corrected chi connectivity index (χ0v) is 9.83. The van der Waals surface area contributed by atoms with Crippen LogP contribution in [0.15, 0.2) is 24.3 Å². The summed E-state index contributed by atoms with van der Waals surface area (Å²) in [6.45, 7) is 1.16. The molecule has 0 amide bonds. The van der Waals surface area contributed by atoms with Gasteiger partial charge in [0, 0.05) is 5.54 Å². The lowest BCUT2D eigenvalue weighted by atomic mass is 9.83. The van der Waals surface area contributed by atoms with E-state index < -0.39 is 0 Å². The number of rotatable bonds is 3. The second-order valence-electron chi connectivity index (χ2n) is 5.01. The van der Waals surface area contributed by atoms with Crippen molar-refractivity contribution < 1.29 is 4.74 Å². The zero-order chi connectivity index (χ0) is 11.0. The van der Waals surface area contributed by atoms with Crippen LogP contribution in [-0.4, -0.2) is 13.7 Å². The standard InChI is InChI=1S/C14H19NO/c1-16-13-5-2-4-12(10-13)14(11-6-7-11)8-3-9-15-14/h2,4-5,10-11,15H,3,6-9H2,1H3. The summed E-state index contributed by atoms with van der Waals surface area (Å²) in [4.78, 5) is 0. The Kier molecular flexibility index (Phi) is 2.40. The summed E-state index contributed by atoms with van der Waals surface area (Å²) in [5.74, 6) is 1.83. The van der Waals surface area contributed by atoms with E-state index in [0.717, 1.165) is 18.2 Å². The van der Waals surface area contributed by atoms with Crippen LogP contribution in [0.5, 0.6) is 5.75 Å². The van der Waals surface area contributed by atoms with Crippen LogP contribution in [0, 0.1) is 5.92 Å². The van der Waals surface area contributed by atoms with Crippen LogP contribution < -0.4 is 10.1 Å². The van der Waals surface area contributed by atoms with E-state index in [1.165, 1.54) is 31.2 Å². The van der Waals surface area contributed by atoms with Crippen LogP contribution >= 0.6 is 0 Å². The van der Waals surface area contributed by atoms with Crippen LogP contribution in [-0.2, 0) is 5.54 Å². The van der Waals surface area contributed by atoms with E-state index in [2.05, 4.69) is 23.5 Å². The lowest BCUT2D eigenvalue weighted by Gasteiger charge is -2.30. The molecule has 2 fully saturated rings. The van der Waals surface area contributed by atoms with Crippen molar-refractivity contribution >= 4 is 0 Å². The summed E-state index contributed by atoms with van der Waals surface area (Å²) in [6, 6.07) is 8.59. The van der Waals surface area contributed by atoms with Crippen molar-refractivity contribution in [2.24, 2.45) is 5.92 Å². The molecule has 3 rings (SSSR count). The van der Waals surface area contributed by atoms with Gasteiger partial charge in [0.25, 0.3) is 0 Å². The summed E-state index contributed by atoms with van der Waals surface area (Å²) in [7, 11) is 1.74. The first-order valence-corrected chi connectivity index (χ1v) is 6.25. The first-order chi connectivity index (χ1) is 7.85. The second-order valence-corrected chi connectivity index (χ2v) is 5.01. The summed E-state index contributed by atoms with van der Waals surface area (Å²) >= 11 is 0. The van der Waals surface area contributed by atoms with Crippen molar-refractivity contribution in [2.75, 3.05) is 13.7 Å². The number of hydrogen-bond donors (Lipinski definition) is 1. The SMILES string of the molecule is COc1cccc(C2(C3CC3)CCCN2)c1. The van der Waals surface area contributed by atoms with Crippen molar-refractivity contribution in [2.45, 2.75) is 31.2 Å². The van der Waals surface area contributed by atoms with Crippen molar-refractivity contribution in [3.05, 3.63) is 29.8 Å². The van der Waals surface area contributed by atoms with E-state index in [9.17, 15) is 0 Å². The van der Waals surface area contributed by atoms with Gasteiger partial charge in [-0.05, 0) is 55.8 Å². The maximum atomic E-state index is 5.33. The number of ether oxygens (including phenoxy) is 1. The van der Waals surface area contributed by atoms with Crippen LogP contribution in [0.25, 0.3) is 0 Å². The Balaban J connectivity index is 1.98. The van der Waals surface area contributed by atoms with E-state index in [0.29, 0.717) is 0 Å². The predicted octanol–water partition coefficient (Wildman–Crippen LogP) is 2.68. The molecular formula is C14H19NO. The monoisotopic (exact) mass is 217 g/mol. The minimum absolute atomic E-state index is 0.258. The van der Waals surface area contributed by atoms with Crippen LogP contribution in [0.2, 0.25) is 0 Å². The summed E-state index contributed by atoms with van der Waals surface area (Å²) in [5, 5.41) is 3.74. The van der Waals surface area contributed by atoms with Crippen molar-refractivity contribution in [3.8, 4) is 5.75 Å². The molecule has 1 heterocycles. The Morgan fingerprint density at radius 3 is 2.88 bits per heavy atom. The first-order valence-electron chi connectivity index (χ1n) is 6.25. The van der Waals surface area contributed by atoms with Gasteiger partial charge in [0.2, 0.25) is 0 Å². The van der Waals surface area contributed by atoms with Gasteiger partial charge in [0.05, 0.1) is 7.11 Å². The Bertz CT molecular complexity index is 378. The molecule has 1 aromatic rings. The largest absolute Gasteiger partial charge is 0.497 e. The molecule has 1 aliphatic heterocycles. The molecule has 0 aromatic heterocycles. The van der Waals surface area contributed by atoms with Gasteiger partial charge in [-0.25, -0.2) is 0 Å².